The molecule has 3 aromatic rings. The number of ether oxygens (including phenoxy) is 2. The molecule has 4 rings (SSSR count). The molecule has 0 aliphatic carbocycles. The molecule has 1 aliphatic rings. The van der Waals surface area contributed by atoms with Crippen molar-refractivity contribution in [3.05, 3.63) is 58.9 Å². The average Bonchev–Trinajstić information content (AvgIpc) is 3.26. The molecule has 7 nitrogen and oxygen atoms in total. The number of aromatic nitrogens is 2. The molecule has 200 valence electrons. The summed E-state index contributed by atoms with van der Waals surface area (Å²) in [6, 6.07) is 10.6. The monoisotopic (exact) mass is 510 g/mol. The highest BCUT2D eigenvalue weighted by Crippen LogP contribution is 2.42. The van der Waals surface area contributed by atoms with Gasteiger partial charge in [-0.15, -0.1) is 0 Å². The third-order valence-electron chi connectivity index (χ3n) is 7.49. The number of rotatable bonds is 11. The van der Waals surface area contributed by atoms with Gasteiger partial charge in [0.25, 0.3) is 0 Å². The SMILES string of the molecule is COC(=O)[C@H](C)CN1C(C)Cc2c([nH]c3ccccc23)C1c1ccnc(OCCN(C)CCCF)c1C. The van der Waals surface area contributed by atoms with Crippen LogP contribution in [0, 0.1) is 12.8 Å². The number of methoxy groups -OCH3 is 1. The Labute approximate surface area is 219 Å². The number of carbonyl (C=O) groups excluding carboxylic acids is 1. The van der Waals surface area contributed by atoms with E-state index in [0.29, 0.717) is 38.5 Å². The van der Waals surface area contributed by atoms with Gasteiger partial charge in [0, 0.05) is 54.0 Å². The Morgan fingerprint density at radius 2 is 2.08 bits per heavy atom. The molecule has 0 saturated heterocycles. The maximum atomic E-state index is 12.5. The third-order valence-corrected chi connectivity index (χ3v) is 7.49. The Balaban J connectivity index is 1.69. The summed E-state index contributed by atoms with van der Waals surface area (Å²) >= 11 is 0. The lowest BCUT2D eigenvalue weighted by Gasteiger charge is -2.42. The lowest BCUT2D eigenvalue weighted by atomic mass is 9.86. The van der Waals surface area contributed by atoms with E-state index in [9.17, 15) is 9.18 Å². The van der Waals surface area contributed by atoms with E-state index < -0.39 is 0 Å². The minimum atomic E-state index is -0.311. The fraction of sp³-hybridized carbons (Fsp3) is 0.517. The minimum Gasteiger partial charge on any atom is -0.476 e. The van der Waals surface area contributed by atoms with Gasteiger partial charge in [0.05, 0.1) is 25.7 Å². The van der Waals surface area contributed by atoms with E-state index in [-0.39, 0.29) is 30.6 Å². The van der Waals surface area contributed by atoms with E-state index in [1.165, 1.54) is 18.1 Å². The fourth-order valence-electron chi connectivity index (χ4n) is 5.43. The largest absolute Gasteiger partial charge is 0.476 e. The van der Waals surface area contributed by atoms with E-state index in [1.54, 1.807) is 6.20 Å². The molecule has 2 aromatic heterocycles. The molecule has 2 unspecified atom stereocenters. The number of carbonyl (C=O) groups is 1. The van der Waals surface area contributed by atoms with Crippen molar-refractivity contribution < 1.29 is 18.7 Å². The van der Waals surface area contributed by atoms with E-state index in [2.05, 4.69) is 51.0 Å². The molecular weight excluding hydrogens is 471 g/mol. The van der Waals surface area contributed by atoms with E-state index in [4.69, 9.17) is 9.47 Å². The van der Waals surface area contributed by atoms with Crippen molar-refractivity contribution in [3.63, 3.8) is 0 Å². The normalized spacial score (nSPS) is 18.7. The Kier molecular flexibility index (Phi) is 8.82. The van der Waals surface area contributed by atoms with Crippen LogP contribution in [-0.2, 0) is 16.0 Å². The van der Waals surface area contributed by atoms with Gasteiger partial charge in [-0.25, -0.2) is 4.98 Å². The summed E-state index contributed by atoms with van der Waals surface area (Å²) < 4.78 is 23.7. The number of alkyl halides is 1. The zero-order valence-electron chi connectivity index (χ0n) is 22.6. The van der Waals surface area contributed by atoms with Crippen molar-refractivity contribution in [2.24, 2.45) is 5.92 Å². The Morgan fingerprint density at radius 3 is 2.84 bits per heavy atom. The number of esters is 1. The molecule has 0 bridgehead atoms. The van der Waals surface area contributed by atoms with Gasteiger partial charge in [0.15, 0.2) is 0 Å². The number of pyridine rings is 1. The van der Waals surface area contributed by atoms with Crippen molar-refractivity contribution in [1.29, 1.82) is 0 Å². The van der Waals surface area contributed by atoms with Gasteiger partial charge in [-0.05, 0) is 57.0 Å². The molecular formula is C29H39FN4O3. The van der Waals surface area contributed by atoms with Gasteiger partial charge in [-0.2, -0.15) is 0 Å². The number of halogens is 1. The maximum absolute atomic E-state index is 12.5. The van der Waals surface area contributed by atoms with Gasteiger partial charge in [-0.1, -0.05) is 25.1 Å². The Hall–Kier alpha value is -2.97. The fourth-order valence-corrected chi connectivity index (χ4v) is 5.43. The summed E-state index contributed by atoms with van der Waals surface area (Å²) in [5.74, 6) is 0.132. The topological polar surface area (TPSA) is 70.7 Å². The van der Waals surface area contributed by atoms with Crippen LogP contribution in [0.2, 0.25) is 0 Å². The first-order valence-electron chi connectivity index (χ1n) is 13.1. The highest BCUT2D eigenvalue weighted by atomic mass is 19.1. The summed E-state index contributed by atoms with van der Waals surface area (Å²) in [5, 5.41) is 1.24. The molecule has 0 amide bonds. The molecule has 1 N–H and O–H groups in total. The number of likely N-dealkylation sites (N-methyl/N-ethyl adjacent to an activating group) is 1. The number of hydrogen-bond acceptors (Lipinski definition) is 6. The van der Waals surface area contributed by atoms with Crippen molar-refractivity contribution in [1.82, 2.24) is 19.8 Å². The molecule has 37 heavy (non-hydrogen) atoms. The van der Waals surface area contributed by atoms with Crippen LogP contribution in [0.5, 0.6) is 5.88 Å². The second-order valence-corrected chi connectivity index (χ2v) is 10.2. The predicted molar refractivity (Wildman–Crippen MR) is 144 cm³/mol. The highest BCUT2D eigenvalue weighted by molar-refractivity contribution is 5.85. The standard InChI is InChI=1S/C29H39FN4O3/c1-19(29(35)36-5)18-34-20(2)17-24-23-9-6-7-10-25(23)32-26(24)27(34)22-11-13-31-28(21(22)3)37-16-15-33(4)14-8-12-30/h6-7,9-11,13,19-20,27,32H,8,12,14-18H2,1-5H3/t19-,20?,27?/m1/s1. The van der Waals surface area contributed by atoms with Gasteiger partial charge in [0.2, 0.25) is 5.88 Å². The molecule has 0 saturated carbocycles. The first kappa shape index (κ1) is 27.1. The molecule has 8 heteroatoms. The van der Waals surface area contributed by atoms with E-state index in [0.717, 1.165) is 28.8 Å². The van der Waals surface area contributed by atoms with Crippen LogP contribution < -0.4 is 4.74 Å². The first-order chi connectivity index (χ1) is 17.8. The molecule has 1 aromatic carbocycles. The number of benzene rings is 1. The Morgan fingerprint density at radius 1 is 1.30 bits per heavy atom. The summed E-state index contributed by atoms with van der Waals surface area (Å²) in [6.07, 6.45) is 3.21. The van der Waals surface area contributed by atoms with Crippen LogP contribution in [0.1, 0.15) is 48.7 Å². The lowest BCUT2D eigenvalue weighted by molar-refractivity contribution is -0.145. The van der Waals surface area contributed by atoms with Gasteiger partial charge in [0.1, 0.15) is 6.61 Å². The van der Waals surface area contributed by atoms with E-state index >= 15 is 0 Å². The van der Waals surface area contributed by atoms with Crippen LogP contribution >= 0.6 is 0 Å². The number of fused-ring (bicyclic) bond motifs is 3. The third kappa shape index (κ3) is 5.80. The average molecular weight is 511 g/mol. The second-order valence-electron chi connectivity index (χ2n) is 10.2. The van der Waals surface area contributed by atoms with Crippen LogP contribution in [-0.4, -0.2) is 78.9 Å². The number of para-hydroxylation sites is 1. The number of aromatic amines is 1. The molecule has 0 spiro atoms. The number of H-pyrrole nitrogens is 1. The van der Waals surface area contributed by atoms with Crippen molar-refractivity contribution >= 4 is 16.9 Å². The molecule has 1 aliphatic heterocycles. The van der Waals surface area contributed by atoms with Gasteiger partial charge in [-0.3, -0.25) is 14.1 Å². The molecule has 3 heterocycles. The summed E-state index contributed by atoms with van der Waals surface area (Å²) in [4.78, 5) is 25.1. The maximum Gasteiger partial charge on any atom is 0.309 e. The summed E-state index contributed by atoms with van der Waals surface area (Å²) in [7, 11) is 3.41. The zero-order valence-corrected chi connectivity index (χ0v) is 22.6. The number of nitrogens with one attached hydrogen (secondary N) is 1. The molecule has 3 atom stereocenters. The zero-order chi connectivity index (χ0) is 26.5. The lowest BCUT2D eigenvalue weighted by Crippen LogP contribution is -2.46. The second kappa shape index (κ2) is 12.0. The van der Waals surface area contributed by atoms with Crippen molar-refractivity contribution in [2.75, 3.05) is 47.1 Å². The van der Waals surface area contributed by atoms with Crippen LogP contribution in [0.3, 0.4) is 0 Å². The predicted octanol–water partition coefficient (Wildman–Crippen LogP) is 4.69. The van der Waals surface area contributed by atoms with E-state index in [1.807, 2.05) is 27.0 Å². The molecule has 0 fully saturated rings. The van der Waals surface area contributed by atoms with Crippen molar-refractivity contribution in [2.45, 2.75) is 45.7 Å². The number of nitrogens with zero attached hydrogens (tertiary/aromatic N) is 3. The molecule has 0 radical (unpaired) electrons. The first-order valence-corrected chi connectivity index (χ1v) is 13.1. The van der Waals surface area contributed by atoms with Gasteiger partial charge < -0.3 is 19.4 Å². The Bertz CT molecular complexity index is 1210. The quantitative estimate of drug-likeness (QED) is 0.378. The van der Waals surface area contributed by atoms with Crippen LogP contribution in [0.4, 0.5) is 4.39 Å². The highest BCUT2D eigenvalue weighted by Gasteiger charge is 2.38. The smallest absolute Gasteiger partial charge is 0.309 e. The van der Waals surface area contributed by atoms with Gasteiger partial charge >= 0.3 is 5.97 Å². The van der Waals surface area contributed by atoms with Crippen LogP contribution in [0.15, 0.2) is 36.5 Å². The number of hydrogen-bond donors (Lipinski definition) is 1. The summed E-state index contributed by atoms with van der Waals surface area (Å²) in [5.41, 5.74) is 5.68. The summed E-state index contributed by atoms with van der Waals surface area (Å²) in [6.45, 7) is 8.32. The van der Waals surface area contributed by atoms with Crippen LogP contribution in [0.25, 0.3) is 10.9 Å². The van der Waals surface area contributed by atoms with Crippen molar-refractivity contribution in [3.8, 4) is 5.88 Å². The minimum absolute atomic E-state index is 0.0872.